The number of aryl methyl sites for hydroxylation is 1. The van der Waals surface area contributed by atoms with Crippen LogP contribution in [0.15, 0.2) is 36.9 Å². The summed E-state index contributed by atoms with van der Waals surface area (Å²) in [4.78, 5) is 34.9. The second kappa shape index (κ2) is 9.62. The van der Waals surface area contributed by atoms with E-state index in [1.165, 1.54) is 37.8 Å². The zero-order valence-electron chi connectivity index (χ0n) is 18.0. The van der Waals surface area contributed by atoms with Gasteiger partial charge in [-0.1, -0.05) is 17.7 Å². The first kappa shape index (κ1) is 24.9. The Kier molecular flexibility index (Phi) is 7.26. The first-order valence-electron chi connectivity index (χ1n) is 10.3. The van der Waals surface area contributed by atoms with Crippen LogP contribution in [0.25, 0.3) is 0 Å². The number of rotatable bonds is 6. The van der Waals surface area contributed by atoms with E-state index in [9.17, 15) is 27.2 Å². The minimum atomic E-state index is -2.81. The van der Waals surface area contributed by atoms with Gasteiger partial charge in [-0.3, -0.25) is 14.5 Å². The smallest absolute Gasteiger partial charge is 0.278 e. The predicted molar refractivity (Wildman–Crippen MR) is 114 cm³/mol. The van der Waals surface area contributed by atoms with Crippen molar-refractivity contribution in [3.05, 3.63) is 53.9 Å². The first-order chi connectivity index (χ1) is 15.5. The minimum absolute atomic E-state index is 0.00813. The van der Waals surface area contributed by atoms with Crippen molar-refractivity contribution in [3.8, 4) is 0 Å². The molecule has 1 heterocycles. The maximum absolute atomic E-state index is 15.0. The number of amides is 2. The average molecular weight is 487 g/mol. The maximum atomic E-state index is 15.0. The number of nitrogens with one attached hydrogen (secondary N) is 1. The molecule has 2 amide bonds. The number of nitrogens with zero attached hydrogens (tertiary/aromatic N) is 3. The van der Waals surface area contributed by atoms with Crippen LogP contribution in [-0.4, -0.2) is 39.4 Å². The van der Waals surface area contributed by atoms with Crippen LogP contribution in [0.4, 0.5) is 23.2 Å². The molecule has 178 valence electrons. The van der Waals surface area contributed by atoms with Gasteiger partial charge in [-0.05, 0) is 44.4 Å². The van der Waals surface area contributed by atoms with Crippen molar-refractivity contribution in [2.75, 3.05) is 4.90 Å². The van der Waals surface area contributed by atoms with Gasteiger partial charge < -0.3 is 5.32 Å². The summed E-state index contributed by atoms with van der Waals surface area (Å²) in [5.41, 5.74) is -4.44. The zero-order chi connectivity index (χ0) is 24.4. The fraction of sp³-hybridized carbons (Fsp3) is 0.455. The van der Waals surface area contributed by atoms with Crippen molar-refractivity contribution in [3.63, 3.8) is 0 Å². The second-order valence-corrected chi connectivity index (χ2v) is 8.62. The molecule has 0 bridgehead atoms. The van der Waals surface area contributed by atoms with Gasteiger partial charge in [-0.15, -0.1) is 0 Å². The third-order valence-electron chi connectivity index (χ3n) is 5.82. The molecule has 1 N–H and O–H groups in total. The van der Waals surface area contributed by atoms with Gasteiger partial charge in [-0.25, -0.2) is 27.5 Å². The Hall–Kier alpha value is -2.75. The molecule has 1 aromatic carbocycles. The Balaban J connectivity index is 2.10. The number of hydrogen-bond acceptors (Lipinski definition) is 4. The van der Waals surface area contributed by atoms with Crippen molar-refractivity contribution in [2.24, 2.45) is 0 Å². The van der Waals surface area contributed by atoms with Crippen molar-refractivity contribution in [1.82, 2.24) is 15.3 Å². The lowest BCUT2D eigenvalue weighted by Gasteiger charge is -2.41. The van der Waals surface area contributed by atoms with Crippen LogP contribution in [0.1, 0.15) is 43.7 Å². The molecule has 0 spiro atoms. The molecule has 0 saturated heterocycles. The predicted octanol–water partition coefficient (Wildman–Crippen LogP) is 4.40. The van der Waals surface area contributed by atoms with E-state index in [-0.39, 0.29) is 24.1 Å². The molecule has 33 heavy (non-hydrogen) atoms. The van der Waals surface area contributed by atoms with E-state index in [0.29, 0.717) is 10.5 Å². The van der Waals surface area contributed by atoms with E-state index in [0.717, 1.165) is 6.07 Å². The molecule has 1 saturated carbocycles. The normalized spacial score (nSPS) is 18.8. The highest BCUT2D eigenvalue weighted by Crippen LogP contribution is 2.38. The lowest BCUT2D eigenvalue weighted by molar-refractivity contribution is -0.132. The lowest BCUT2D eigenvalue weighted by atomic mass is 9.87. The number of halogens is 5. The molecule has 1 fully saturated rings. The molecule has 1 aromatic heterocycles. The van der Waals surface area contributed by atoms with Crippen molar-refractivity contribution < 1.29 is 27.2 Å². The third-order valence-corrected chi connectivity index (χ3v) is 6.00. The molecule has 0 radical (unpaired) electrons. The van der Waals surface area contributed by atoms with Crippen LogP contribution in [0.5, 0.6) is 0 Å². The standard InChI is InChI=1S/C22H23ClF4N4O2/c1-13-3-4-17(16(24)9-13)31(19(32)18(23)25)21(2,14-10-28-12-29-11-14)20(33)30-15-5-7-22(26,27)8-6-15/h3-4,9-12,15,18H,5-8H2,1-2H3,(H,30,33)/t18-,21?/m0/s1. The van der Waals surface area contributed by atoms with Gasteiger partial charge in [0, 0.05) is 36.8 Å². The molecule has 1 aliphatic carbocycles. The van der Waals surface area contributed by atoms with E-state index >= 15 is 0 Å². The van der Waals surface area contributed by atoms with Gasteiger partial charge in [-0.2, -0.15) is 0 Å². The molecule has 0 aliphatic heterocycles. The summed E-state index contributed by atoms with van der Waals surface area (Å²) in [5, 5.41) is 2.66. The Morgan fingerprint density at radius 1 is 1.24 bits per heavy atom. The van der Waals surface area contributed by atoms with Gasteiger partial charge in [0.2, 0.25) is 5.92 Å². The van der Waals surface area contributed by atoms with Crippen molar-refractivity contribution >= 4 is 29.1 Å². The summed E-state index contributed by atoms with van der Waals surface area (Å²) in [7, 11) is 0. The zero-order valence-corrected chi connectivity index (χ0v) is 18.8. The Bertz CT molecular complexity index is 1010. The average Bonchev–Trinajstić information content (AvgIpc) is 2.77. The number of anilines is 1. The summed E-state index contributed by atoms with van der Waals surface area (Å²) in [6.07, 6.45) is 2.84. The lowest BCUT2D eigenvalue weighted by Crippen LogP contribution is -2.60. The SMILES string of the molecule is Cc1ccc(N(C(=O)[C@H](F)Cl)C(C)(C(=O)NC2CCC(F)(F)CC2)c2cncnc2)c(F)c1. The molecule has 2 atom stereocenters. The second-order valence-electron chi connectivity index (χ2n) is 8.23. The van der Waals surface area contributed by atoms with Gasteiger partial charge >= 0.3 is 0 Å². The Morgan fingerprint density at radius 3 is 2.39 bits per heavy atom. The number of aromatic nitrogens is 2. The quantitative estimate of drug-likeness (QED) is 0.485. The van der Waals surface area contributed by atoms with Gasteiger partial charge in [0.1, 0.15) is 12.1 Å². The van der Waals surface area contributed by atoms with E-state index < -0.39 is 53.6 Å². The molecular weight excluding hydrogens is 464 g/mol. The van der Waals surface area contributed by atoms with E-state index in [4.69, 9.17) is 11.6 Å². The van der Waals surface area contributed by atoms with Gasteiger partial charge in [0.05, 0.1) is 5.69 Å². The number of carbonyl (C=O) groups is 2. The summed E-state index contributed by atoms with van der Waals surface area (Å²) in [6.45, 7) is 2.89. The fourth-order valence-corrected chi connectivity index (χ4v) is 3.99. The molecule has 1 unspecified atom stereocenters. The Labute approximate surface area is 193 Å². The Morgan fingerprint density at radius 2 is 1.85 bits per heavy atom. The summed E-state index contributed by atoms with van der Waals surface area (Å²) >= 11 is 5.45. The third kappa shape index (κ3) is 5.26. The van der Waals surface area contributed by atoms with E-state index in [2.05, 4.69) is 15.3 Å². The number of benzene rings is 1. The summed E-state index contributed by atoms with van der Waals surface area (Å²) in [6, 6.07) is 3.24. The van der Waals surface area contributed by atoms with Gasteiger partial charge in [0.25, 0.3) is 17.4 Å². The fourth-order valence-electron chi connectivity index (χ4n) is 3.89. The monoisotopic (exact) mass is 486 g/mol. The number of alkyl halides is 4. The number of hydrogen-bond donors (Lipinski definition) is 1. The van der Waals surface area contributed by atoms with Crippen molar-refractivity contribution in [1.29, 1.82) is 0 Å². The highest BCUT2D eigenvalue weighted by molar-refractivity contribution is 6.32. The van der Waals surface area contributed by atoms with Crippen LogP contribution in [0.3, 0.4) is 0 Å². The molecule has 6 nitrogen and oxygen atoms in total. The van der Waals surface area contributed by atoms with Crippen LogP contribution in [0.2, 0.25) is 0 Å². The minimum Gasteiger partial charge on any atom is -0.351 e. The maximum Gasteiger partial charge on any atom is 0.278 e. The molecular formula is C22H23ClF4N4O2. The summed E-state index contributed by atoms with van der Waals surface area (Å²) in [5.74, 6) is -5.91. The van der Waals surface area contributed by atoms with Crippen LogP contribution in [-0.2, 0) is 15.1 Å². The van der Waals surface area contributed by atoms with Crippen LogP contribution in [0, 0.1) is 12.7 Å². The topological polar surface area (TPSA) is 75.2 Å². The largest absolute Gasteiger partial charge is 0.351 e. The van der Waals surface area contributed by atoms with Crippen molar-refractivity contribution in [2.45, 2.75) is 62.7 Å². The highest BCUT2D eigenvalue weighted by atomic mass is 35.5. The van der Waals surface area contributed by atoms with E-state index in [1.807, 2.05) is 0 Å². The van der Waals surface area contributed by atoms with Gasteiger partial charge in [0.15, 0.2) is 5.54 Å². The molecule has 2 aromatic rings. The van der Waals surface area contributed by atoms with E-state index in [1.54, 1.807) is 6.92 Å². The molecule has 11 heteroatoms. The molecule has 3 rings (SSSR count). The van der Waals surface area contributed by atoms with Crippen LogP contribution < -0.4 is 10.2 Å². The van der Waals surface area contributed by atoms with Crippen LogP contribution >= 0.6 is 11.6 Å². The first-order valence-corrected chi connectivity index (χ1v) is 10.7. The molecule has 1 aliphatic rings. The summed E-state index contributed by atoms with van der Waals surface area (Å²) < 4.78 is 56.2. The highest BCUT2D eigenvalue weighted by Gasteiger charge is 2.49. The number of carbonyl (C=O) groups excluding carboxylic acids is 2.